The predicted octanol–water partition coefficient (Wildman–Crippen LogP) is 4.03. The van der Waals surface area contributed by atoms with Crippen molar-refractivity contribution in [2.45, 2.75) is 56.5 Å². The maximum Gasteiger partial charge on any atom is 0.293 e. The SMILES string of the molecule is NC(=O)c1cccc(C2CC3CCC(C2)N3C(=O)C2=COC=C(C3=CC=CCC3)O2)c1. The quantitative estimate of drug-likeness (QED) is 0.800. The Morgan fingerprint density at radius 1 is 1.10 bits per heavy atom. The summed E-state index contributed by atoms with van der Waals surface area (Å²) in [6.45, 7) is 0. The number of fused-ring (bicyclic) bond motifs is 2. The summed E-state index contributed by atoms with van der Waals surface area (Å²) in [6.07, 6.45) is 14.6. The topological polar surface area (TPSA) is 81.9 Å². The van der Waals surface area contributed by atoms with Crippen LogP contribution in [0.25, 0.3) is 0 Å². The first kappa shape index (κ1) is 19.7. The lowest BCUT2D eigenvalue weighted by Gasteiger charge is -2.39. The molecule has 31 heavy (non-hydrogen) atoms. The molecule has 0 aromatic heterocycles. The van der Waals surface area contributed by atoms with Crippen LogP contribution in [0.15, 0.2) is 72.1 Å². The molecule has 6 nitrogen and oxygen atoms in total. The average Bonchev–Trinajstić information content (AvgIpc) is 3.08. The fourth-order valence-electron chi connectivity index (χ4n) is 5.22. The molecule has 2 N–H and O–H groups in total. The van der Waals surface area contributed by atoms with Crippen LogP contribution in [0.1, 0.15) is 60.4 Å². The maximum absolute atomic E-state index is 13.4. The molecule has 6 heteroatoms. The number of benzene rings is 1. The van der Waals surface area contributed by atoms with Crippen molar-refractivity contribution in [1.29, 1.82) is 0 Å². The Hall–Kier alpha value is -3.28. The molecule has 2 atom stereocenters. The van der Waals surface area contributed by atoms with Gasteiger partial charge in [-0.1, -0.05) is 30.4 Å². The van der Waals surface area contributed by atoms with Crippen LogP contribution in [-0.2, 0) is 14.3 Å². The Labute approximate surface area is 181 Å². The van der Waals surface area contributed by atoms with Crippen molar-refractivity contribution >= 4 is 11.8 Å². The van der Waals surface area contributed by atoms with Gasteiger partial charge in [-0.25, -0.2) is 0 Å². The zero-order valence-corrected chi connectivity index (χ0v) is 17.3. The van der Waals surface area contributed by atoms with Gasteiger partial charge in [-0.2, -0.15) is 0 Å². The molecule has 2 amide bonds. The Morgan fingerprint density at radius 2 is 1.90 bits per heavy atom. The molecule has 3 aliphatic heterocycles. The van der Waals surface area contributed by atoms with Crippen molar-refractivity contribution in [1.82, 2.24) is 4.90 Å². The van der Waals surface area contributed by atoms with Gasteiger partial charge in [0.05, 0.1) is 0 Å². The minimum Gasteiger partial charge on any atom is -0.465 e. The molecule has 1 aromatic carbocycles. The van der Waals surface area contributed by atoms with Gasteiger partial charge in [0, 0.05) is 17.6 Å². The number of allylic oxidation sites excluding steroid dienone is 4. The molecule has 0 radical (unpaired) electrons. The molecule has 2 unspecified atom stereocenters. The number of rotatable bonds is 4. The first-order valence-electron chi connectivity index (χ1n) is 10.9. The van der Waals surface area contributed by atoms with Gasteiger partial charge in [-0.15, -0.1) is 0 Å². The van der Waals surface area contributed by atoms with E-state index < -0.39 is 5.91 Å². The number of primary amides is 1. The second-order valence-corrected chi connectivity index (χ2v) is 8.62. The van der Waals surface area contributed by atoms with Gasteiger partial charge in [0.1, 0.15) is 12.5 Å². The van der Waals surface area contributed by atoms with Crippen LogP contribution in [0, 0.1) is 0 Å². The van der Waals surface area contributed by atoms with Crippen molar-refractivity contribution < 1.29 is 19.1 Å². The zero-order chi connectivity index (χ0) is 21.4. The van der Waals surface area contributed by atoms with Gasteiger partial charge >= 0.3 is 0 Å². The van der Waals surface area contributed by atoms with Crippen LogP contribution < -0.4 is 5.73 Å². The molecule has 2 fully saturated rings. The van der Waals surface area contributed by atoms with Gasteiger partial charge < -0.3 is 20.1 Å². The molecule has 0 spiro atoms. The summed E-state index contributed by atoms with van der Waals surface area (Å²) in [7, 11) is 0. The second kappa shape index (κ2) is 8.10. The van der Waals surface area contributed by atoms with E-state index >= 15 is 0 Å². The lowest BCUT2D eigenvalue weighted by Crippen LogP contribution is -2.47. The van der Waals surface area contributed by atoms with E-state index in [9.17, 15) is 9.59 Å². The van der Waals surface area contributed by atoms with Crippen molar-refractivity contribution in [2.75, 3.05) is 0 Å². The summed E-state index contributed by atoms with van der Waals surface area (Å²) >= 11 is 0. The van der Waals surface area contributed by atoms with Crippen molar-refractivity contribution in [3.63, 3.8) is 0 Å². The van der Waals surface area contributed by atoms with Gasteiger partial charge in [-0.05, 0) is 67.7 Å². The van der Waals surface area contributed by atoms with Crippen LogP contribution in [0.2, 0.25) is 0 Å². The molecular weight excluding hydrogens is 392 g/mol. The fraction of sp³-hybridized carbons (Fsp3) is 0.360. The Morgan fingerprint density at radius 3 is 2.61 bits per heavy atom. The number of ether oxygens (including phenoxy) is 2. The number of carbonyl (C=O) groups is 2. The van der Waals surface area contributed by atoms with Gasteiger partial charge in [0.15, 0.2) is 5.76 Å². The third-order valence-corrected chi connectivity index (χ3v) is 6.72. The second-order valence-electron chi connectivity index (χ2n) is 8.62. The summed E-state index contributed by atoms with van der Waals surface area (Å²) in [4.78, 5) is 26.9. The van der Waals surface area contributed by atoms with Crippen LogP contribution >= 0.6 is 0 Å². The molecule has 0 saturated carbocycles. The number of piperidine rings is 1. The first-order chi connectivity index (χ1) is 15.1. The highest BCUT2D eigenvalue weighted by Gasteiger charge is 2.45. The summed E-state index contributed by atoms with van der Waals surface area (Å²) in [6, 6.07) is 7.89. The molecule has 160 valence electrons. The smallest absolute Gasteiger partial charge is 0.293 e. The number of amides is 2. The van der Waals surface area contributed by atoms with Crippen molar-refractivity contribution in [3.05, 3.63) is 83.2 Å². The van der Waals surface area contributed by atoms with Crippen molar-refractivity contribution in [2.24, 2.45) is 5.73 Å². The third kappa shape index (κ3) is 3.78. The number of nitrogens with zero attached hydrogens (tertiary/aromatic N) is 1. The van der Waals surface area contributed by atoms with E-state index in [-0.39, 0.29) is 23.8 Å². The normalized spacial score (nSPS) is 26.9. The largest absolute Gasteiger partial charge is 0.465 e. The standard InChI is InChI=1S/C25H26N2O4/c26-24(28)18-8-4-7-17(11-18)19-12-20-9-10-21(13-19)27(20)25(29)23-15-30-14-22(31-23)16-5-2-1-3-6-16/h1-2,4-5,7-8,11,14-15,19-21H,3,6,9-10,12-13H2,(H2,26,28). The Bertz CT molecular complexity index is 1020. The minimum absolute atomic E-state index is 0.102. The molecule has 5 rings (SSSR count). The highest BCUT2D eigenvalue weighted by Crippen LogP contribution is 2.44. The highest BCUT2D eigenvalue weighted by molar-refractivity contribution is 5.93. The first-order valence-corrected chi connectivity index (χ1v) is 10.9. The van der Waals surface area contributed by atoms with E-state index in [1.807, 2.05) is 29.2 Å². The third-order valence-electron chi connectivity index (χ3n) is 6.72. The number of hydrogen-bond acceptors (Lipinski definition) is 4. The number of hydrogen-bond donors (Lipinski definition) is 1. The van der Waals surface area contributed by atoms with Gasteiger partial charge in [0.2, 0.25) is 11.7 Å². The molecule has 3 heterocycles. The summed E-state index contributed by atoms with van der Waals surface area (Å²) in [5.41, 5.74) is 8.15. The highest BCUT2D eigenvalue weighted by atomic mass is 16.5. The lowest BCUT2D eigenvalue weighted by molar-refractivity contribution is -0.135. The average molecular weight is 418 g/mol. The summed E-state index contributed by atoms with van der Waals surface area (Å²) in [5.74, 6) is 0.661. The Kier molecular flexibility index (Phi) is 5.14. The fourth-order valence-corrected chi connectivity index (χ4v) is 5.22. The molecule has 2 saturated heterocycles. The molecule has 2 bridgehead atoms. The zero-order valence-electron chi connectivity index (χ0n) is 17.3. The van der Waals surface area contributed by atoms with E-state index in [4.69, 9.17) is 15.2 Å². The number of carbonyl (C=O) groups excluding carboxylic acids is 2. The van der Waals surface area contributed by atoms with E-state index in [1.165, 1.54) is 6.26 Å². The van der Waals surface area contributed by atoms with Crippen molar-refractivity contribution in [3.8, 4) is 0 Å². The van der Waals surface area contributed by atoms with Gasteiger partial charge in [-0.3, -0.25) is 9.59 Å². The summed E-state index contributed by atoms with van der Waals surface area (Å²) in [5, 5.41) is 0. The molecular formula is C25H26N2O4. The Balaban J connectivity index is 1.29. The lowest BCUT2D eigenvalue weighted by atomic mass is 9.84. The number of nitrogens with two attached hydrogens (primary N) is 1. The van der Waals surface area contributed by atoms with Crippen LogP contribution in [-0.4, -0.2) is 28.8 Å². The predicted molar refractivity (Wildman–Crippen MR) is 115 cm³/mol. The molecule has 4 aliphatic rings. The van der Waals surface area contributed by atoms with E-state index in [1.54, 1.807) is 12.3 Å². The van der Waals surface area contributed by atoms with E-state index in [2.05, 4.69) is 12.1 Å². The molecule has 1 aromatic rings. The summed E-state index contributed by atoms with van der Waals surface area (Å²) < 4.78 is 11.4. The monoisotopic (exact) mass is 418 g/mol. The van der Waals surface area contributed by atoms with Crippen LogP contribution in [0.3, 0.4) is 0 Å². The van der Waals surface area contributed by atoms with E-state index in [0.717, 1.165) is 49.7 Å². The molecule has 1 aliphatic carbocycles. The van der Waals surface area contributed by atoms with Gasteiger partial charge in [0.25, 0.3) is 5.91 Å². The van der Waals surface area contributed by atoms with E-state index in [0.29, 0.717) is 17.2 Å². The van der Waals surface area contributed by atoms with Crippen LogP contribution in [0.5, 0.6) is 0 Å². The van der Waals surface area contributed by atoms with Crippen LogP contribution in [0.4, 0.5) is 0 Å². The minimum atomic E-state index is -0.411. The maximum atomic E-state index is 13.4.